The largest absolute Gasteiger partial charge is 0.398 e. The minimum atomic E-state index is -3.78. The zero-order chi connectivity index (χ0) is 14.9. The third-order valence-corrected chi connectivity index (χ3v) is 4.74. The van der Waals surface area contributed by atoms with E-state index in [1.165, 1.54) is 6.07 Å². The Hall–Kier alpha value is -1.60. The number of sulfonamides is 1. The zero-order valence-corrected chi connectivity index (χ0v) is 12.4. The topological polar surface area (TPSA) is 101 Å². The monoisotopic (exact) mass is 297 g/mol. The number of aryl methyl sites for hydroxylation is 2. The van der Waals surface area contributed by atoms with Gasteiger partial charge in [-0.3, -0.25) is 4.79 Å². The number of carbonyl (C=O) groups excluding carboxylic acids is 1. The number of amides is 1. The van der Waals surface area contributed by atoms with Crippen LogP contribution in [0.4, 0.5) is 5.69 Å². The molecule has 1 aliphatic carbocycles. The molecular formula is C13H19N3O3S. The summed E-state index contributed by atoms with van der Waals surface area (Å²) in [6.07, 6.45) is 1.92. The van der Waals surface area contributed by atoms with Crippen LogP contribution in [0.25, 0.3) is 0 Å². The Labute approximate surface area is 118 Å². The van der Waals surface area contributed by atoms with Crippen LogP contribution in [0.2, 0.25) is 0 Å². The number of benzene rings is 1. The van der Waals surface area contributed by atoms with Gasteiger partial charge in [-0.2, -0.15) is 0 Å². The SMILES string of the molecule is Cc1cc(N)c(S(=O)(=O)NCC(=O)NC2CC2)cc1C. The quantitative estimate of drug-likeness (QED) is 0.686. The standard InChI is InChI=1S/C13H19N3O3S/c1-8-5-11(14)12(6-9(8)2)20(18,19)15-7-13(17)16-10-3-4-10/h5-6,10,15H,3-4,7,14H2,1-2H3,(H,16,17). The van der Waals surface area contributed by atoms with Crippen molar-refractivity contribution in [3.8, 4) is 0 Å². The van der Waals surface area contributed by atoms with E-state index in [1.54, 1.807) is 6.07 Å². The maximum atomic E-state index is 12.2. The van der Waals surface area contributed by atoms with Crippen LogP contribution in [0.3, 0.4) is 0 Å². The Bertz CT molecular complexity index is 637. The van der Waals surface area contributed by atoms with Gasteiger partial charge in [-0.1, -0.05) is 0 Å². The molecule has 6 nitrogen and oxygen atoms in total. The molecule has 0 saturated heterocycles. The average Bonchev–Trinajstić information content (AvgIpc) is 3.15. The predicted molar refractivity (Wildman–Crippen MR) is 76.7 cm³/mol. The fourth-order valence-corrected chi connectivity index (χ4v) is 2.97. The molecule has 0 spiro atoms. The van der Waals surface area contributed by atoms with Gasteiger partial charge in [0.1, 0.15) is 4.90 Å². The number of nitrogen functional groups attached to an aromatic ring is 1. The number of rotatable bonds is 5. The molecular weight excluding hydrogens is 278 g/mol. The third kappa shape index (κ3) is 3.49. The van der Waals surface area contributed by atoms with E-state index in [1.807, 2.05) is 13.8 Å². The first-order valence-electron chi connectivity index (χ1n) is 6.45. The van der Waals surface area contributed by atoms with E-state index in [2.05, 4.69) is 10.0 Å². The Morgan fingerprint density at radius 3 is 2.50 bits per heavy atom. The van der Waals surface area contributed by atoms with Crippen LogP contribution in [0.15, 0.2) is 17.0 Å². The molecule has 0 unspecified atom stereocenters. The zero-order valence-electron chi connectivity index (χ0n) is 11.6. The molecule has 0 atom stereocenters. The van der Waals surface area contributed by atoms with Gasteiger partial charge in [0.2, 0.25) is 15.9 Å². The van der Waals surface area contributed by atoms with E-state index in [9.17, 15) is 13.2 Å². The number of nitrogens with one attached hydrogen (secondary N) is 2. The molecule has 7 heteroatoms. The Kier molecular flexibility index (Phi) is 4.01. The normalized spacial score (nSPS) is 15.1. The van der Waals surface area contributed by atoms with E-state index in [-0.39, 0.29) is 29.1 Å². The predicted octanol–water partition coefficient (Wildman–Crippen LogP) is 0.443. The Morgan fingerprint density at radius 2 is 1.90 bits per heavy atom. The highest BCUT2D eigenvalue weighted by Gasteiger charge is 2.24. The molecule has 4 N–H and O–H groups in total. The van der Waals surface area contributed by atoms with E-state index >= 15 is 0 Å². The van der Waals surface area contributed by atoms with E-state index < -0.39 is 10.0 Å². The van der Waals surface area contributed by atoms with Crippen molar-refractivity contribution in [3.05, 3.63) is 23.3 Å². The van der Waals surface area contributed by atoms with Gasteiger partial charge in [0.05, 0.1) is 12.2 Å². The molecule has 0 radical (unpaired) electrons. The lowest BCUT2D eigenvalue weighted by atomic mass is 10.1. The maximum absolute atomic E-state index is 12.2. The number of hydrogen-bond acceptors (Lipinski definition) is 4. The summed E-state index contributed by atoms with van der Waals surface area (Å²) in [5.41, 5.74) is 7.70. The van der Waals surface area contributed by atoms with Gasteiger partial charge in [-0.05, 0) is 49.9 Å². The summed E-state index contributed by atoms with van der Waals surface area (Å²) in [6, 6.07) is 3.35. The van der Waals surface area contributed by atoms with Crippen molar-refractivity contribution < 1.29 is 13.2 Å². The van der Waals surface area contributed by atoms with Gasteiger partial charge >= 0.3 is 0 Å². The van der Waals surface area contributed by atoms with Crippen molar-refractivity contribution in [1.82, 2.24) is 10.0 Å². The molecule has 1 saturated carbocycles. The summed E-state index contributed by atoms with van der Waals surface area (Å²) in [5.74, 6) is -0.321. The van der Waals surface area contributed by atoms with Crippen molar-refractivity contribution in [2.75, 3.05) is 12.3 Å². The number of carbonyl (C=O) groups is 1. The molecule has 0 aromatic heterocycles. The lowest BCUT2D eigenvalue weighted by molar-refractivity contribution is -0.120. The van der Waals surface area contributed by atoms with Crippen LogP contribution in [0.1, 0.15) is 24.0 Å². The molecule has 0 bridgehead atoms. The van der Waals surface area contributed by atoms with Crippen molar-refractivity contribution >= 4 is 21.6 Å². The minimum Gasteiger partial charge on any atom is -0.398 e. The summed E-state index contributed by atoms with van der Waals surface area (Å²) in [7, 11) is -3.78. The molecule has 20 heavy (non-hydrogen) atoms. The lowest BCUT2D eigenvalue weighted by Gasteiger charge is -2.11. The molecule has 1 aliphatic rings. The highest BCUT2D eigenvalue weighted by atomic mass is 32.2. The maximum Gasteiger partial charge on any atom is 0.243 e. The fraction of sp³-hybridized carbons (Fsp3) is 0.462. The van der Waals surface area contributed by atoms with Gasteiger partial charge < -0.3 is 11.1 Å². The first kappa shape index (κ1) is 14.8. The summed E-state index contributed by atoms with van der Waals surface area (Å²) in [4.78, 5) is 11.5. The van der Waals surface area contributed by atoms with Gasteiger partial charge in [0.15, 0.2) is 0 Å². The van der Waals surface area contributed by atoms with Crippen molar-refractivity contribution in [1.29, 1.82) is 0 Å². The first-order chi connectivity index (χ1) is 9.29. The van der Waals surface area contributed by atoms with E-state index in [4.69, 9.17) is 5.73 Å². The Morgan fingerprint density at radius 1 is 1.30 bits per heavy atom. The lowest BCUT2D eigenvalue weighted by Crippen LogP contribution is -2.38. The second-order valence-electron chi connectivity index (χ2n) is 5.14. The number of hydrogen-bond donors (Lipinski definition) is 3. The molecule has 0 aliphatic heterocycles. The van der Waals surface area contributed by atoms with Crippen LogP contribution < -0.4 is 15.8 Å². The highest BCUT2D eigenvalue weighted by Crippen LogP contribution is 2.22. The molecule has 2 rings (SSSR count). The van der Waals surface area contributed by atoms with Crippen molar-refractivity contribution in [2.24, 2.45) is 0 Å². The van der Waals surface area contributed by atoms with Crippen LogP contribution in [0.5, 0.6) is 0 Å². The Balaban J connectivity index is 2.09. The molecule has 1 aromatic rings. The van der Waals surface area contributed by atoms with Gasteiger partial charge in [-0.25, -0.2) is 13.1 Å². The first-order valence-corrected chi connectivity index (χ1v) is 7.93. The fourth-order valence-electron chi connectivity index (χ4n) is 1.79. The van der Waals surface area contributed by atoms with E-state index in [0.717, 1.165) is 24.0 Å². The van der Waals surface area contributed by atoms with Crippen molar-refractivity contribution in [2.45, 2.75) is 37.6 Å². The second kappa shape index (κ2) is 5.41. The molecule has 1 aromatic carbocycles. The third-order valence-electron chi connectivity index (χ3n) is 3.28. The van der Waals surface area contributed by atoms with E-state index in [0.29, 0.717) is 0 Å². The minimum absolute atomic E-state index is 0.0137. The summed E-state index contributed by atoms with van der Waals surface area (Å²) >= 11 is 0. The summed E-state index contributed by atoms with van der Waals surface area (Å²) in [6.45, 7) is 3.40. The number of nitrogens with two attached hydrogens (primary N) is 1. The summed E-state index contributed by atoms with van der Waals surface area (Å²) < 4.78 is 26.6. The van der Waals surface area contributed by atoms with Gasteiger partial charge in [-0.15, -0.1) is 0 Å². The van der Waals surface area contributed by atoms with Crippen LogP contribution in [-0.2, 0) is 14.8 Å². The van der Waals surface area contributed by atoms with Crippen LogP contribution in [0, 0.1) is 13.8 Å². The van der Waals surface area contributed by atoms with Gasteiger partial charge in [0.25, 0.3) is 0 Å². The molecule has 110 valence electrons. The van der Waals surface area contributed by atoms with Crippen LogP contribution >= 0.6 is 0 Å². The average molecular weight is 297 g/mol. The number of anilines is 1. The highest BCUT2D eigenvalue weighted by molar-refractivity contribution is 7.89. The molecule has 0 heterocycles. The molecule has 1 fully saturated rings. The second-order valence-corrected chi connectivity index (χ2v) is 6.88. The van der Waals surface area contributed by atoms with Gasteiger partial charge in [0, 0.05) is 6.04 Å². The smallest absolute Gasteiger partial charge is 0.243 e. The molecule has 1 amide bonds. The summed E-state index contributed by atoms with van der Waals surface area (Å²) in [5, 5.41) is 2.72. The van der Waals surface area contributed by atoms with Crippen molar-refractivity contribution in [3.63, 3.8) is 0 Å². The van der Waals surface area contributed by atoms with Crippen LogP contribution in [-0.4, -0.2) is 26.9 Å².